The normalized spacial score (nSPS) is 13.2. The van der Waals surface area contributed by atoms with Crippen molar-refractivity contribution in [2.75, 3.05) is 29.4 Å². The second kappa shape index (κ2) is 9.87. The smallest absolute Gasteiger partial charge is 0.340 e. The number of fused-ring (bicyclic) bond motifs is 1. The van der Waals surface area contributed by atoms with Crippen molar-refractivity contribution in [3.63, 3.8) is 0 Å². The zero-order valence-electron chi connectivity index (χ0n) is 18.5. The summed E-state index contributed by atoms with van der Waals surface area (Å²) in [4.78, 5) is 27.0. The number of hydrogen-bond donors (Lipinski definition) is 0. The molecular weight excluding hydrogens is 476 g/mol. The molecule has 1 amide bonds. The Kier molecular flexibility index (Phi) is 6.90. The van der Waals surface area contributed by atoms with Crippen molar-refractivity contribution in [2.45, 2.75) is 17.7 Å². The molecule has 0 N–H and O–H groups in total. The van der Waals surface area contributed by atoms with Crippen molar-refractivity contribution in [3.05, 3.63) is 88.9 Å². The molecule has 4 rings (SSSR count). The zero-order chi connectivity index (χ0) is 24.3. The Hall–Kier alpha value is -3.36. The predicted octanol–water partition coefficient (Wildman–Crippen LogP) is 4.30. The fourth-order valence-corrected chi connectivity index (χ4v) is 5.25. The highest BCUT2D eigenvalue weighted by Crippen LogP contribution is 2.28. The minimum Gasteiger partial charge on any atom is -0.452 e. The molecule has 0 saturated heterocycles. The van der Waals surface area contributed by atoms with Gasteiger partial charge < -0.3 is 9.64 Å². The molecule has 1 heterocycles. The Morgan fingerprint density at radius 2 is 1.74 bits per heavy atom. The van der Waals surface area contributed by atoms with Gasteiger partial charge in [0.25, 0.3) is 15.9 Å². The van der Waals surface area contributed by atoms with Crippen LogP contribution in [0.1, 0.15) is 22.3 Å². The van der Waals surface area contributed by atoms with Crippen molar-refractivity contribution in [2.24, 2.45) is 0 Å². The topological polar surface area (TPSA) is 84.0 Å². The highest BCUT2D eigenvalue weighted by Gasteiger charge is 2.26. The van der Waals surface area contributed by atoms with Crippen molar-refractivity contribution in [1.29, 1.82) is 0 Å². The minimum atomic E-state index is -3.95. The van der Waals surface area contributed by atoms with Gasteiger partial charge in [0.1, 0.15) is 0 Å². The van der Waals surface area contributed by atoms with Gasteiger partial charge in [0.15, 0.2) is 6.61 Å². The van der Waals surface area contributed by atoms with Crippen molar-refractivity contribution in [3.8, 4) is 0 Å². The van der Waals surface area contributed by atoms with Crippen LogP contribution in [0.15, 0.2) is 77.7 Å². The summed E-state index contributed by atoms with van der Waals surface area (Å²) in [5.41, 5.74) is 2.21. The molecule has 3 aromatic rings. The number of esters is 1. The molecule has 34 heavy (non-hydrogen) atoms. The van der Waals surface area contributed by atoms with Gasteiger partial charge >= 0.3 is 5.97 Å². The molecule has 0 aromatic heterocycles. The average molecular weight is 499 g/mol. The number of nitrogens with zero attached hydrogens (tertiary/aromatic N) is 2. The Balaban J connectivity index is 1.50. The van der Waals surface area contributed by atoms with Gasteiger partial charge in [-0.3, -0.25) is 9.10 Å². The largest absolute Gasteiger partial charge is 0.452 e. The number of aryl methyl sites for hydroxylation is 1. The summed E-state index contributed by atoms with van der Waals surface area (Å²) in [5, 5.41) is 0.0297. The number of amides is 1. The lowest BCUT2D eigenvalue weighted by atomic mass is 10.0. The van der Waals surface area contributed by atoms with Gasteiger partial charge in [-0.25, -0.2) is 13.2 Å². The SMILES string of the molecule is CN(c1ccccc1)S(=O)(=O)c1ccc(Cl)c(C(=O)OCC(=O)N2CCCc3ccccc32)c1. The lowest BCUT2D eigenvalue weighted by Crippen LogP contribution is -2.38. The van der Waals surface area contributed by atoms with Gasteiger partial charge in [-0.15, -0.1) is 0 Å². The van der Waals surface area contributed by atoms with Crippen molar-refractivity contribution < 1.29 is 22.7 Å². The summed E-state index contributed by atoms with van der Waals surface area (Å²) < 4.78 is 32.5. The number of benzene rings is 3. The lowest BCUT2D eigenvalue weighted by molar-refractivity contribution is -0.121. The number of hydrogen-bond acceptors (Lipinski definition) is 5. The molecule has 0 radical (unpaired) electrons. The van der Waals surface area contributed by atoms with Gasteiger partial charge in [-0.2, -0.15) is 0 Å². The Morgan fingerprint density at radius 3 is 2.50 bits per heavy atom. The maximum absolute atomic E-state index is 13.1. The Bertz CT molecular complexity index is 1330. The number of para-hydroxylation sites is 2. The van der Waals surface area contributed by atoms with E-state index in [0.29, 0.717) is 12.2 Å². The quantitative estimate of drug-likeness (QED) is 0.473. The number of sulfonamides is 1. The van der Waals surface area contributed by atoms with Crippen LogP contribution in [0.5, 0.6) is 0 Å². The Labute approximate surface area is 203 Å². The molecular formula is C25H23ClN2O5S. The van der Waals surface area contributed by atoms with E-state index in [4.69, 9.17) is 16.3 Å². The van der Waals surface area contributed by atoms with Gasteiger partial charge in [-0.05, 0) is 54.8 Å². The van der Waals surface area contributed by atoms with E-state index < -0.39 is 22.6 Å². The van der Waals surface area contributed by atoms with E-state index in [1.807, 2.05) is 24.3 Å². The molecule has 0 atom stereocenters. The van der Waals surface area contributed by atoms with E-state index in [2.05, 4.69) is 0 Å². The summed E-state index contributed by atoms with van der Waals surface area (Å²) in [6.45, 7) is 0.0537. The summed E-state index contributed by atoms with van der Waals surface area (Å²) >= 11 is 6.16. The van der Waals surface area contributed by atoms with Crippen LogP contribution < -0.4 is 9.21 Å². The molecule has 7 nitrogen and oxygen atoms in total. The predicted molar refractivity (Wildman–Crippen MR) is 131 cm³/mol. The average Bonchev–Trinajstić information content (AvgIpc) is 2.86. The lowest BCUT2D eigenvalue weighted by Gasteiger charge is -2.29. The zero-order valence-corrected chi connectivity index (χ0v) is 20.1. The third-order valence-corrected chi connectivity index (χ3v) is 7.79. The molecule has 0 bridgehead atoms. The van der Waals surface area contributed by atoms with E-state index >= 15 is 0 Å². The maximum Gasteiger partial charge on any atom is 0.340 e. The number of anilines is 2. The number of carbonyl (C=O) groups excluding carboxylic acids is 2. The molecule has 0 fully saturated rings. The van der Waals surface area contributed by atoms with Crippen LogP contribution in [0.2, 0.25) is 5.02 Å². The van der Waals surface area contributed by atoms with Gasteiger partial charge in [0.2, 0.25) is 0 Å². The first-order valence-electron chi connectivity index (χ1n) is 10.7. The van der Waals surface area contributed by atoms with Crippen LogP contribution in [0.4, 0.5) is 11.4 Å². The summed E-state index contributed by atoms with van der Waals surface area (Å²) in [7, 11) is -2.53. The highest BCUT2D eigenvalue weighted by atomic mass is 35.5. The second-order valence-corrected chi connectivity index (χ2v) is 10.2. The van der Waals surface area contributed by atoms with Crippen LogP contribution in [-0.2, 0) is 26.0 Å². The summed E-state index contributed by atoms with van der Waals surface area (Å²) in [6, 6.07) is 20.0. The van der Waals surface area contributed by atoms with Crippen LogP contribution in [0.3, 0.4) is 0 Å². The number of ether oxygens (including phenoxy) is 1. The third-order valence-electron chi connectivity index (χ3n) is 5.67. The van der Waals surface area contributed by atoms with Gasteiger partial charge in [0.05, 0.1) is 21.2 Å². The van der Waals surface area contributed by atoms with E-state index in [-0.39, 0.29) is 21.4 Å². The highest BCUT2D eigenvalue weighted by molar-refractivity contribution is 7.92. The molecule has 0 spiro atoms. The second-order valence-electron chi connectivity index (χ2n) is 7.80. The molecule has 9 heteroatoms. The first kappa shape index (κ1) is 23.8. The first-order chi connectivity index (χ1) is 16.3. The van der Waals surface area contributed by atoms with Crippen molar-refractivity contribution in [1.82, 2.24) is 0 Å². The van der Waals surface area contributed by atoms with E-state index in [1.165, 1.54) is 25.2 Å². The first-order valence-corrected chi connectivity index (χ1v) is 12.5. The molecule has 0 saturated carbocycles. The van der Waals surface area contributed by atoms with Crippen LogP contribution in [-0.4, -0.2) is 40.5 Å². The summed E-state index contributed by atoms with van der Waals surface area (Å²) in [5.74, 6) is -1.23. The van der Waals surface area contributed by atoms with Gasteiger partial charge in [-0.1, -0.05) is 48.0 Å². The molecule has 0 unspecified atom stereocenters. The molecule has 0 aliphatic carbocycles. The van der Waals surface area contributed by atoms with E-state index in [0.717, 1.165) is 28.4 Å². The number of carbonyl (C=O) groups is 2. The van der Waals surface area contributed by atoms with Crippen LogP contribution in [0, 0.1) is 0 Å². The monoisotopic (exact) mass is 498 g/mol. The maximum atomic E-state index is 13.1. The third kappa shape index (κ3) is 4.78. The van der Waals surface area contributed by atoms with Crippen LogP contribution >= 0.6 is 11.6 Å². The summed E-state index contributed by atoms with van der Waals surface area (Å²) in [6.07, 6.45) is 1.70. The van der Waals surface area contributed by atoms with Gasteiger partial charge in [0, 0.05) is 19.3 Å². The van der Waals surface area contributed by atoms with Crippen LogP contribution in [0.25, 0.3) is 0 Å². The fourth-order valence-electron chi connectivity index (χ4n) is 3.83. The fraction of sp³-hybridized carbons (Fsp3) is 0.200. The molecule has 176 valence electrons. The molecule has 1 aliphatic rings. The Morgan fingerprint density at radius 1 is 1.03 bits per heavy atom. The minimum absolute atomic E-state index is 0.0297. The van der Waals surface area contributed by atoms with E-state index in [1.54, 1.807) is 35.2 Å². The van der Waals surface area contributed by atoms with Crippen molar-refractivity contribution >= 4 is 44.9 Å². The molecule has 1 aliphatic heterocycles. The number of halogens is 1. The van der Waals surface area contributed by atoms with E-state index in [9.17, 15) is 18.0 Å². The number of rotatable bonds is 6. The molecule has 3 aromatic carbocycles. The standard InChI is InChI=1S/C25H23ClN2O5S/c1-27(19-10-3-2-4-11-19)34(31,32)20-13-14-22(26)21(16-20)25(30)33-17-24(29)28-15-7-9-18-8-5-6-12-23(18)28/h2-6,8,10-14,16H,7,9,15,17H2,1H3.